The van der Waals surface area contributed by atoms with Crippen LogP contribution in [0.25, 0.3) is 0 Å². The molecule has 1 aromatic carbocycles. The van der Waals surface area contributed by atoms with Gasteiger partial charge in [-0.25, -0.2) is 4.39 Å². The predicted octanol–water partition coefficient (Wildman–Crippen LogP) is 3.07. The van der Waals surface area contributed by atoms with Gasteiger partial charge in [0.25, 0.3) is 5.91 Å². The Kier molecular flexibility index (Phi) is 4.08. The van der Waals surface area contributed by atoms with E-state index < -0.39 is 5.82 Å². The Labute approximate surface area is 104 Å². The second-order valence-electron chi connectivity index (χ2n) is 4.32. The third kappa shape index (κ3) is 2.82. The normalized spacial score (nSPS) is 11.3. The molecule has 0 aliphatic carbocycles. The molecule has 1 amide bonds. The van der Waals surface area contributed by atoms with Crippen LogP contribution in [0.2, 0.25) is 0 Å². The quantitative estimate of drug-likeness (QED) is 0.783. The minimum atomic E-state index is -0.393. The molecule has 0 aromatic heterocycles. The van der Waals surface area contributed by atoms with E-state index in [-0.39, 0.29) is 11.4 Å². The lowest BCUT2D eigenvalue weighted by molar-refractivity contribution is 0.0663. The maximum atomic E-state index is 13.0. The fraction of sp³-hybridized carbons (Fsp3) is 0.417. The molecule has 0 radical (unpaired) electrons. The molecule has 0 aliphatic rings. The molecule has 0 saturated carbocycles. The smallest absolute Gasteiger partial charge is 0.254 e. The van der Waals surface area contributed by atoms with Gasteiger partial charge in [0.15, 0.2) is 0 Å². The van der Waals surface area contributed by atoms with Gasteiger partial charge in [0.05, 0.1) is 0 Å². The van der Waals surface area contributed by atoms with Gasteiger partial charge in [0.2, 0.25) is 0 Å². The van der Waals surface area contributed by atoms with Crippen LogP contribution in [0.5, 0.6) is 0 Å². The Bertz CT molecular complexity index is 392. The van der Waals surface area contributed by atoms with E-state index in [4.69, 9.17) is 0 Å². The number of hydrogen-bond acceptors (Lipinski definition) is 1. The molecule has 0 heterocycles. The molecule has 0 unspecified atom stereocenters. The van der Waals surface area contributed by atoms with Gasteiger partial charge in [-0.15, -0.1) is 0 Å². The molecule has 16 heavy (non-hydrogen) atoms. The topological polar surface area (TPSA) is 20.3 Å². The Morgan fingerprint density at radius 3 is 2.62 bits per heavy atom. The molecule has 1 rings (SSSR count). The highest BCUT2D eigenvalue weighted by Gasteiger charge is 2.27. The Balaban J connectivity index is 2.95. The van der Waals surface area contributed by atoms with Crippen LogP contribution in [0.15, 0.2) is 24.3 Å². The number of hydrogen-bond donors (Lipinski definition) is 0. The van der Waals surface area contributed by atoms with Crippen molar-refractivity contribution in [2.45, 2.75) is 19.4 Å². The van der Waals surface area contributed by atoms with Crippen molar-refractivity contribution in [3.05, 3.63) is 35.6 Å². The minimum absolute atomic E-state index is 0.177. The average Bonchev–Trinajstić information content (AvgIpc) is 2.27. The fourth-order valence-corrected chi connectivity index (χ4v) is 1.56. The van der Waals surface area contributed by atoms with E-state index >= 15 is 0 Å². The summed E-state index contributed by atoms with van der Waals surface area (Å²) in [6.45, 7) is 3.89. The van der Waals surface area contributed by atoms with Crippen molar-refractivity contribution in [1.29, 1.82) is 0 Å². The van der Waals surface area contributed by atoms with Crippen molar-refractivity contribution in [2.75, 3.05) is 12.4 Å². The minimum Gasteiger partial charge on any atom is -0.336 e. The molecule has 0 fully saturated rings. The summed E-state index contributed by atoms with van der Waals surface area (Å²) in [5.41, 5.74) is 0.0696. The highest BCUT2D eigenvalue weighted by Crippen LogP contribution is 2.18. The highest BCUT2D eigenvalue weighted by atomic mass is 79.9. The van der Waals surface area contributed by atoms with Crippen molar-refractivity contribution in [3.8, 4) is 0 Å². The molecule has 88 valence electrons. The fourth-order valence-electron chi connectivity index (χ4n) is 1.18. The zero-order valence-corrected chi connectivity index (χ0v) is 11.2. The van der Waals surface area contributed by atoms with E-state index in [2.05, 4.69) is 15.9 Å². The molecule has 0 atom stereocenters. The number of halogens is 2. The lowest BCUT2D eigenvalue weighted by Crippen LogP contribution is -2.46. The van der Waals surface area contributed by atoms with E-state index in [0.29, 0.717) is 10.9 Å². The van der Waals surface area contributed by atoms with Crippen molar-refractivity contribution < 1.29 is 9.18 Å². The largest absolute Gasteiger partial charge is 0.336 e. The van der Waals surface area contributed by atoms with Crippen molar-refractivity contribution in [2.24, 2.45) is 0 Å². The Morgan fingerprint density at radius 1 is 1.50 bits per heavy atom. The molecular formula is C12H15BrFNO. The molecule has 4 heteroatoms. The molecule has 0 spiro atoms. The van der Waals surface area contributed by atoms with Crippen LogP contribution in [0.4, 0.5) is 4.39 Å². The zero-order valence-electron chi connectivity index (χ0n) is 9.63. The van der Waals surface area contributed by atoms with Gasteiger partial charge in [0.1, 0.15) is 5.82 Å². The molecule has 0 bridgehead atoms. The molecule has 0 saturated heterocycles. The maximum absolute atomic E-state index is 13.0. The summed E-state index contributed by atoms with van der Waals surface area (Å²) >= 11 is 3.36. The highest BCUT2D eigenvalue weighted by molar-refractivity contribution is 9.09. The lowest BCUT2D eigenvalue weighted by atomic mass is 10.1. The summed E-state index contributed by atoms with van der Waals surface area (Å²) in [5, 5.41) is 0.664. The van der Waals surface area contributed by atoms with E-state index in [1.54, 1.807) is 18.0 Å². The predicted molar refractivity (Wildman–Crippen MR) is 66.4 cm³/mol. The van der Waals surface area contributed by atoms with E-state index in [1.807, 2.05) is 13.8 Å². The van der Waals surface area contributed by atoms with E-state index in [1.165, 1.54) is 18.2 Å². The number of carbonyl (C=O) groups excluding carboxylic acids is 1. The Hall–Kier alpha value is -0.900. The first-order valence-electron chi connectivity index (χ1n) is 4.98. The number of nitrogens with zero attached hydrogens (tertiary/aromatic N) is 1. The number of benzene rings is 1. The second kappa shape index (κ2) is 4.95. The van der Waals surface area contributed by atoms with Crippen LogP contribution < -0.4 is 0 Å². The summed E-state index contributed by atoms with van der Waals surface area (Å²) in [6.07, 6.45) is 0. The first kappa shape index (κ1) is 13.2. The van der Waals surface area contributed by atoms with E-state index in [9.17, 15) is 9.18 Å². The molecule has 0 aliphatic heterocycles. The third-order valence-electron chi connectivity index (χ3n) is 2.61. The Morgan fingerprint density at radius 2 is 2.12 bits per heavy atom. The second-order valence-corrected chi connectivity index (χ2v) is 4.88. The van der Waals surface area contributed by atoms with Crippen LogP contribution >= 0.6 is 15.9 Å². The van der Waals surface area contributed by atoms with Crippen LogP contribution in [0, 0.1) is 5.82 Å². The SMILES string of the molecule is CN(C(=O)c1cccc(F)c1)C(C)(C)CBr. The summed E-state index contributed by atoms with van der Waals surface area (Å²) in [6, 6.07) is 5.74. The summed E-state index contributed by atoms with van der Waals surface area (Å²) < 4.78 is 13.0. The number of amides is 1. The van der Waals surface area contributed by atoms with Gasteiger partial charge < -0.3 is 4.90 Å². The first-order chi connectivity index (χ1) is 7.38. The van der Waals surface area contributed by atoms with Crippen molar-refractivity contribution in [1.82, 2.24) is 4.90 Å². The number of carbonyl (C=O) groups is 1. The summed E-state index contributed by atoms with van der Waals surface area (Å²) in [7, 11) is 1.72. The van der Waals surface area contributed by atoms with Gasteiger partial charge in [-0.3, -0.25) is 4.79 Å². The standard InChI is InChI=1S/C12H15BrFNO/c1-12(2,8-13)15(3)11(16)9-5-4-6-10(14)7-9/h4-7H,8H2,1-3H3. The number of rotatable bonds is 3. The maximum Gasteiger partial charge on any atom is 0.254 e. The van der Waals surface area contributed by atoms with Crippen molar-refractivity contribution in [3.63, 3.8) is 0 Å². The zero-order chi connectivity index (χ0) is 12.3. The van der Waals surface area contributed by atoms with Crippen LogP contribution in [0.3, 0.4) is 0 Å². The van der Waals surface area contributed by atoms with Gasteiger partial charge in [-0.05, 0) is 32.0 Å². The summed E-state index contributed by atoms with van der Waals surface area (Å²) in [4.78, 5) is 13.6. The van der Waals surface area contributed by atoms with Crippen LogP contribution in [-0.4, -0.2) is 28.7 Å². The lowest BCUT2D eigenvalue weighted by Gasteiger charge is -2.34. The number of alkyl halides is 1. The summed E-state index contributed by atoms with van der Waals surface area (Å²) in [5.74, 6) is -0.570. The third-order valence-corrected chi connectivity index (χ3v) is 3.98. The van der Waals surface area contributed by atoms with Gasteiger partial charge in [-0.2, -0.15) is 0 Å². The molecular weight excluding hydrogens is 273 g/mol. The van der Waals surface area contributed by atoms with Gasteiger partial charge in [-0.1, -0.05) is 22.0 Å². The van der Waals surface area contributed by atoms with E-state index in [0.717, 1.165) is 0 Å². The van der Waals surface area contributed by atoms with Gasteiger partial charge in [0, 0.05) is 23.5 Å². The molecule has 0 N–H and O–H groups in total. The monoisotopic (exact) mass is 287 g/mol. The molecule has 2 nitrogen and oxygen atoms in total. The van der Waals surface area contributed by atoms with Crippen LogP contribution in [-0.2, 0) is 0 Å². The first-order valence-corrected chi connectivity index (χ1v) is 6.10. The van der Waals surface area contributed by atoms with Gasteiger partial charge >= 0.3 is 0 Å². The van der Waals surface area contributed by atoms with Crippen molar-refractivity contribution >= 4 is 21.8 Å². The average molecular weight is 288 g/mol. The van der Waals surface area contributed by atoms with Crippen LogP contribution in [0.1, 0.15) is 24.2 Å². The molecule has 1 aromatic rings.